The van der Waals surface area contributed by atoms with E-state index in [2.05, 4.69) is 4.98 Å². The molecule has 0 aliphatic rings. The number of aryl methyl sites for hydroxylation is 1. The van der Waals surface area contributed by atoms with Gasteiger partial charge < -0.3 is 5.73 Å². The van der Waals surface area contributed by atoms with Crippen LogP contribution >= 0.6 is 11.6 Å². The maximum Gasteiger partial charge on any atom is 0.0603 e. The van der Waals surface area contributed by atoms with Crippen molar-refractivity contribution in [2.75, 3.05) is 0 Å². The summed E-state index contributed by atoms with van der Waals surface area (Å²) in [5.41, 5.74) is 9.44. The molecule has 17 heavy (non-hydrogen) atoms. The second-order valence-electron chi connectivity index (χ2n) is 4.14. The molecule has 0 spiro atoms. The van der Waals surface area contributed by atoms with Crippen LogP contribution in [0.15, 0.2) is 42.6 Å². The van der Waals surface area contributed by atoms with E-state index in [4.69, 9.17) is 17.3 Å². The van der Waals surface area contributed by atoms with E-state index < -0.39 is 0 Å². The van der Waals surface area contributed by atoms with Gasteiger partial charge >= 0.3 is 0 Å². The Morgan fingerprint density at radius 1 is 1.24 bits per heavy atom. The summed E-state index contributed by atoms with van der Waals surface area (Å²) in [6, 6.07) is 11.7. The van der Waals surface area contributed by atoms with E-state index in [0.29, 0.717) is 0 Å². The van der Waals surface area contributed by atoms with E-state index in [-0.39, 0.29) is 6.04 Å². The summed E-state index contributed by atoms with van der Waals surface area (Å²) in [7, 11) is 0. The quantitative estimate of drug-likeness (QED) is 0.903. The normalized spacial score (nSPS) is 12.4. The Labute approximate surface area is 106 Å². The van der Waals surface area contributed by atoms with Crippen molar-refractivity contribution in [1.29, 1.82) is 0 Å². The molecular formula is C14H15ClN2. The fourth-order valence-corrected chi connectivity index (χ4v) is 1.98. The number of halogens is 1. The minimum Gasteiger partial charge on any atom is -0.322 e. The molecule has 1 heterocycles. The molecule has 2 aromatic rings. The first-order chi connectivity index (χ1) is 8.16. The smallest absolute Gasteiger partial charge is 0.0603 e. The molecule has 0 aliphatic heterocycles. The Kier molecular flexibility index (Phi) is 3.77. The number of benzene rings is 1. The van der Waals surface area contributed by atoms with E-state index in [0.717, 1.165) is 22.7 Å². The lowest BCUT2D eigenvalue weighted by Crippen LogP contribution is -2.16. The van der Waals surface area contributed by atoms with Gasteiger partial charge in [0.2, 0.25) is 0 Å². The first-order valence-electron chi connectivity index (χ1n) is 5.58. The minimum atomic E-state index is -0.0719. The van der Waals surface area contributed by atoms with Crippen LogP contribution in [0, 0.1) is 6.92 Å². The average Bonchev–Trinajstić information content (AvgIpc) is 2.32. The van der Waals surface area contributed by atoms with Crippen LogP contribution in [0.3, 0.4) is 0 Å². The van der Waals surface area contributed by atoms with Crippen molar-refractivity contribution in [2.45, 2.75) is 19.4 Å². The van der Waals surface area contributed by atoms with Crippen molar-refractivity contribution in [3.8, 4) is 0 Å². The Balaban J connectivity index is 2.14. The molecule has 88 valence electrons. The number of rotatable bonds is 3. The van der Waals surface area contributed by atoms with Gasteiger partial charge in [0.1, 0.15) is 0 Å². The van der Waals surface area contributed by atoms with Crippen LogP contribution in [0.2, 0.25) is 5.02 Å². The summed E-state index contributed by atoms with van der Waals surface area (Å²) < 4.78 is 0. The number of pyridine rings is 1. The first kappa shape index (κ1) is 12.1. The molecule has 0 radical (unpaired) electrons. The van der Waals surface area contributed by atoms with Crippen LogP contribution in [-0.4, -0.2) is 4.98 Å². The van der Waals surface area contributed by atoms with Crippen LogP contribution in [-0.2, 0) is 6.42 Å². The van der Waals surface area contributed by atoms with Crippen molar-refractivity contribution >= 4 is 11.6 Å². The SMILES string of the molecule is Cc1cccnc1C(N)Cc1ccc(Cl)cc1. The predicted molar refractivity (Wildman–Crippen MR) is 71.1 cm³/mol. The third-order valence-corrected chi connectivity index (χ3v) is 3.02. The van der Waals surface area contributed by atoms with Crippen LogP contribution < -0.4 is 5.73 Å². The summed E-state index contributed by atoms with van der Waals surface area (Å²) in [6.45, 7) is 2.03. The molecular weight excluding hydrogens is 232 g/mol. The maximum atomic E-state index is 6.17. The lowest BCUT2D eigenvalue weighted by atomic mass is 10.0. The topological polar surface area (TPSA) is 38.9 Å². The highest BCUT2D eigenvalue weighted by Gasteiger charge is 2.10. The minimum absolute atomic E-state index is 0.0719. The van der Waals surface area contributed by atoms with Gasteiger partial charge in [-0.3, -0.25) is 4.98 Å². The summed E-state index contributed by atoms with van der Waals surface area (Å²) in [5.74, 6) is 0. The highest BCUT2D eigenvalue weighted by atomic mass is 35.5. The van der Waals surface area contributed by atoms with Crippen molar-refractivity contribution < 1.29 is 0 Å². The maximum absolute atomic E-state index is 6.17. The molecule has 0 aliphatic carbocycles. The predicted octanol–water partition coefficient (Wildman–Crippen LogP) is 3.29. The van der Waals surface area contributed by atoms with Gasteiger partial charge in [0.25, 0.3) is 0 Å². The molecule has 0 bridgehead atoms. The van der Waals surface area contributed by atoms with Gasteiger partial charge in [0.05, 0.1) is 11.7 Å². The Morgan fingerprint density at radius 2 is 1.94 bits per heavy atom. The van der Waals surface area contributed by atoms with Crippen molar-refractivity contribution in [3.63, 3.8) is 0 Å². The van der Waals surface area contributed by atoms with Gasteiger partial charge in [-0.05, 0) is 42.7 Å². The van der Waals surface area contributed by atoms with Gasteiger partial charge in [0.15, 0.2) is 0 Å². The highest BCUT2D eigenvalue weighted by molar-refractivity contribution is 6.30. The standard InChI is InChI=1S/C14H15ClN2/c1-10-3-2-8-17-14(10)13(16)9-11-4-6-12(15)7-5-11/h2-8,13H,9,16H2,1H3. The summed E-state index contributed by atoms with van der Waals surface area (Å²) in [5, 5.41) is 0.747. The third-order valence-electron chi connectivity index (χ3n) is 2.77. The van der Waals surface area contributed by atoms with E-state index in [9.17, 15) is 0 Å². The second-order valence-corrected chi connectivity index (χ2v) is 4.58. The van der Waals surface area contributed by atoms with E-state index in [1.54, 1.807) is 6.20 Å². The Hall–Kier alpha value is -1.38. The Bertz CT molecular complexity index is 494. The van der Waals surface area contributed by atoms with Crippen LogP contribution in [0.1, 0.15) is 22.9 Å². The van der Waals surface area contributed by atoms with E-state index in [1.165, 1.54) is 5.56 Å². The van der Waals surface area contributed by atoms with Gasteiger partial charge in [-0.25, -0.2) is 0 Å². The lowest BCUT2D eigenvalue weighted by Gasteiger charge is -2.13. The highest BCUT2D eigenvalue weighted by Crippen LogP contribution is 2.18. The van der Waals surface area contributed by atoms with Crippen LogP contribution in [0.5, 0.6) is 0 Å². The third kappa shape index (κ3) is 3.05. The fraction of sp³-hybridized carbons (Fsp3) is 0.214. The van der Waals surface area contributed by atoms with Crippen LogP contribution in [0.4, 0.5) is 0 Å². The Morgan fingerprint density at radius 3 is 2.59 bits per heavy atom. The molecule has 0 saturated carbocycles. The molecule has 1 unspecified atom stereocenters. The zero-order valence-corrected chi connectivity index (χ0v) is 10.5. The van der Waals surface area contributed by atoms with Crippen molar-refractivity contribution in [3.05, 3.63) is 64.4 Å². The van der Waals surface area contributed by atoms with E-state index >= 15 is 0 Å². The van der Waals surface area contributed by atoms with Crippen molar-refractivity contribution in [2.24, 2.45) is 5.73 Å². The number of hydrogen-bond acceptors (Lipinski definition) is 2. The summed E-state index contributed by atoms with van der Waals surface area (Å²) in [6.07, 6.45) is 2.55. The largest absolute Gasteiger partial charge is 0.322 e. The zero-order valence-electron chi connectivity index (χ0n) is 9.73. The molecule has 0 fully saturated rings. The molecule has 0 saturated heterocycles. The van der Waals surface area contributed by atoms with E-state index in [1.807, 2.05) is 43.3 Å². The lowest BCUT2D eigenvalue weighted by molar-refractivity contribution is 0.690. The molecule has 0 amide bonds. The molecule has 1 atom stereocenters. The fourth-order valence-electron chi connectivity index (χ4n) is 1.86. The number of nitrogens with two attached hydrogens (primary N) is 1. The van der Waals surface area contributed by atoms with Gasteiger partial charge in [0, 0.05) is 11.2 Å². The number of hydrogen-bond donors (Lipinski definition) is 1. The second kappa shape index (κ2) is 5.30. The van der Waals surface area contributed by atoms with Crippen LogP contribution in [0.25, 0.3) is 0 Å². The van der Waals surface area contributed by atoms with Gasteiger partial charge in [-0.15, -0.1) is 0 Å². The monoisotopic (exact) mass is 246 g/mol. The first-order valence-corrected chi connectivity index (χ1v) is 5.96. The molecule has 2 nitrogen and oxygen atoms in total. The molecule has 3 heteroatoms. The number of aromatic nitrogens is 1. The summed E-state index contributed by atoms with van der Waals surface area (Å²) >= 11 is 5.85. The van der Waals surface area contributed by atoms with Gasteiger partial charge in [-0.1, -0.05) is 29.8 Å². The molecule has 2 N–H and O–H groups in total. The summed E-state index contributed by atoms with van der Waals surface area (Å²) in [4.78, 5) is 4.34. The van der Waals surface area contributed by atoms with Crippen molar-refractivity contribution in [1.82, 2.24) is 4.98 Å². The molecule has 2 rings (SSSR count). The molecule has 1 aromatic heterocycles. The zero-order chi connectivity index (χ0) is 12.3. The number of nitrogens with zero attached hydrogens (tertiary/aromatic N) is 1. The van der Waals surface area contributed by atoms with Gasteiger partial charge in [-0.2, -0.15) is 0 Å². The molecule has 1 aromatic carbocycles. The average molecular weight is 247 g/mol.